The molecule has 21 heavy (non-hydrogen) atoms. The first kappa shape index (κ1) is 14.1. The quantitative estimate of drug-likeness (QED) is 0.927. The molecule has 1 heterocycles. The van der Waals surface area contributed by atoms with Crippen molar-refractivity contribution >= 4 is 17.5 Å². The van der Waals surface area contributed by atoms with Crippen molar-refractivity contribution in [2.45, 2.75) is 51.0 Å². The van der Waals surface area contributed by atoms with Gasteiger partial charge < -0.3 is 5.73 Å². The van der Waals surface area contributed by atoms with Crippen LogP contribution in [0.3, 0.4) is 0 Å². The maximum absolute atomic E-state index is 12.7. The fourth-order valence-corrected chi connectivity index (χ4v) is 3.66. The lowest BCUT2D eigenvalue weighted by molar-refractivity contribution is -0.124. The third-order valence-corrected chi connectivity index (χ3v) is 4.76. The second kappa shape index (κ2) is 5.88. The van der Waals surface area contributed by atoms with Crippen LogP contribution in [0.15, 0.2) is 24.3 Å². The molecule has 0 radical (unpaired) electrons. The van der Waals surface area contributed by atoms with Crippen molar-refractivity contribution in [3.05, 3.63) is 29.8 Å². The van der Waals surface area contributed by atoms with Crippen molar-refractivity contribution < 1.29 is 9.59 Å². The SMILES string of the molecule is NC(=O)[C@@H]1Cc2ccccc2N1C(=O)CC1CCCCC1. The summed E-state index contributed by atoms with van der Waals surface area (Å²) in [6.07, 6.45) is 7.05. The predicted molar refractivity (Wildman–Crippen MR) is 81.8 cm³/mol. The van der Waals surface area contributed by atoms with Gasteiger partial charge in [0.05, 0.1) is 0 Å². The molecule has 0 unspecified atom stereocenters. The molecule has 3 rings (SSSR count). The second-order valence-electron chi connectivity index (χ2n) is 6.22. The second-order valence-corrected chi connectivity index (χ2v) is 6.22. The summed E-state index contributed by atoms with van der Waals surface area (Å²) in [5.74, 6) is 0.103. The van der Waals surface area contributed by atoms with Crippen LogP contribution in [-0.4, -0.2) is 17.9 Å². The highest BCUT2D eigenvalue weighted by atomic mass is 16.2. The minimum Gasteiger partial charge on any atom is -0.368 e. The summed E-state index contributed by atoms with van der Waals surface area (Å²) in [4.78, 5) is 26.1. The van der Waals surface area contributed by atoms with Crippen molar-refractivity contribution in [2.75, 3.05) is 4.90 Å². The molecule has 4 heteroatoms. The molecule has 0 saturated heterocycles. The van der Waals surface area contributed by atoms with E-state index in [2.05, 4.69) is 0 Å². The molecule has 1 atom stereocenters. The maximum atomic E-state index is 12.7. The van der Waals surface area contributed by atoms with Crippen molar-refractivity contribution in [1.29, 1.82) is 0 Å². The summed E-state index contributed by atoms with van der Waals surface area (Å²) in [5, 5.41) is 0. The Balaban J connectivity index is 1.80. The van der Waals surface area contributed by atoms with Crippen LogP contribution in [0.5, 0.6) is 0 Å². The van der Waals surface area contributed by atoms with Crippen LogP contribution in [0.25, 0.3) is 0 Å². The van der Waals surface area contributed by atoms with Crippen molar-refractivity contribution in [3.8, 4) is 0 Å². The highest BCUT2D eigenvalue weighted by molar-refractivity contribution is 6.03. The highest BCUT2D eigenvalue weighted by Crippen LogP contribution is 2.34. The molecule has 2 N–H and O–H groups in total. The zero-order valence-corrected chi connectivity index (χ0v) is 12.3. The first-order valence-electron chi connectivity index (χ1n) is 7.86. The number of carbonyl (C=O) groups is 2. The lowest BCUT2D eigenvalue weighted by Gasteiger charge is -2.27. The van der Waals surface area contributed by atoms with Crippen LogP contribution in [0.2, 0.25) is 0 Å². The topological polar surface area (TPSA) is 63.4 Å². The van der Waals surface area contributed by atoms with Gasteiger partial charge in [-0.25, -0.2) is 0 Å². The van der Waals surface area contributed by atoms with Gasteiger partial charge in [0.15, 0.2) is 0 Å². The highest BCUT2D eigenvalue weighted by Gasteiger charge is 2.37. The lowest BCUT2D eigenvalue weighted by Crippen LogP contribution is -2.46. The van der Waals surface area contributed by atoms with Crippen LogP contribution in [0, 0.1) is 5.92 Å². The van der Waals surface area contributed by atoms with Gasteiger partial charge in [0.2, 0.25) is 11.8 Å². The number of para-hydroxylation sites is 1. The summed E-state index contributed by atoms with van der Waals surface area (Å²) in [5.41, 5.74) is 7.41. The predicted octanol–water partition coefficient (Wildman–Crippen LogP) is 2.40. The Labute approximate surface area is 125 Å². The van der Waals surface area contributed by atoms with E-state index >= 15 is 0 Å². The van der Waals surface area contributed by atoms with Crippen molar-refractivity contribution in [3.63, 3.8) is 0 Å². The third kappa shape index (κ3) is 2.80. The molecule has 0 aromatic heterocycles. The number of carbonyl (C=O) groups excluding carboxylic acids is 2. The number of amides is 2. The van der Waals surface area contributed by atoms with Crippen LogP contribution in [-0.2, 0) is 16.0 Å². The molecule has 2 aliphatic rings. The largest absolute Gasteiger partial charge is 0.368 e. The van der Waals surface area contributed by atoms with E-state index < -0.39 is 11.9 Å². The van der Waals surface area contributed by atoms with E-state index in [-0.39, 0.29) is 5.91 Å². The van der Waals surface area contributed by atoms with Gasteiger partial charge in [0.1, 0.15) is 6.04 Å². The minimum atomic E-state index is -0.515. The van der Waals surface area contributed by atoms with E-state index in [1.807, 2.05) is 24.3 Å². The molecule has 0 spiro atoms. The minimum absolute atomic E-state index is 0.0515. The molecular formula is C17H22N2O2. The number of hydrogen-bond donors (Lipinski definition) is 1. The molecular weight excluding hydrogens is 264 g/mol. The molecule has 0 bridgehead atoms. The smallest absolute Gasteiger partial charge is 0.240 e. The Morgan fingerprint density at radius 2 is 1.86 bits per heavy atom. The molecule has 2 amide bonds. The van der Waals surface area contributed by atoms with E-state index in [0.717, 1.165) is 24.1 Å². The van der Waals surface area contributed by atoms with E-state index in [4.69, 9.17) is 5.73 Å². The van der Waals surface area contributed by atoms with Crippen LogP contribution in [0.1, 0.15) is 44.1 Å². The molecule has 1 saturated carbocycles. The van der Waals surface area contributed by atoms with Gasteiger partial charge in [-0.3, -0.25) is 14.5 Å². The van der Waals surface area contributed by atoms with E-state index in [1.165, 1.54) is 19.3 Å². The van der Waals surface area contributed by atoms with Crippen molar-refractivity contribution in [1.82, 2.24) is 0 Å². The molecule has 1 aromatic carbocycles. The first-order chi connectivity index (χ1) is 10.2. The Kier molecular flexibility index (Phi) is 3.95. The standard InChI is InChI=1S/C17H22N2O2/c18-17(21)15-11-13-8-4-5-9-14(13)19(15)16(20)10-12-6-2-1-3-7-12/h4-5,8-9,12,15H,1-3,6-7,10-11H2,(H2,18,21)/t15-/m0/s1. The monoisotopic (exact) mass is 286 g/mol. The zero-order valence-electron chi connectivity index (χ0n) is 12.3. The van der Waals surface area contributed by atoms with Gasteiger partial charge in [-0.15, -0.1) is 0 Å². The number of rotatable bonds is 3. The summed E-state index contributed by atoms with van der Waals surface area (Å²) in [7, 11) is 0. The third-order valence-electron chi connectivity index (χ3n) is 4.76. The number of benzene rings is 1. The van der Waals surface area contributed by atoms with Crippen molar-refractivity contribution in [2.24, 2.45) is 11.7 Å². The number of anilines is 1. The summed E-state index contributed by atoms with van der Waals surface area (Å²) in [6.45, 7) is 0. The van der Waals surface area contributed by atoms with Crippen LogP contribution >= 0.6 is 0 Å². The Bertz CT molecular complexity index is 549. The summed E-state index contributed by atoms with van der Waals surface area (Å²) < 4.78 is 0. The number of hydrogen-bond acceptors (Lipinski definition) is 2. The molecule has 1 aromatic rings. The first-order valence-corrected chi connectivity index (χ1v) is 7.86. The summed E-state index contributed by atoms with van der Waals surface area (Å²) >= 11 is 0. The average Bonchev–Trinajstić information content (AvgIpc) is 2.88. The fraction of sp³-hybridized carbons (Fsp3) is 0.529. The molecule has 1 aliphatic carbocycles. The number of nitrogens with two attached hydrogens (primary N) is 1. The molecule has 1 fully saturated rings. The summed E-state index contributed by atoms with van der Waals surface area (Å²) in [6, 6.07) is 7.21. The van der Waals surface area contributed by atoms with Crippen LogP contribution in [0.4, 0.5) is 5.69 Å². The Morgan fingerprint density at radius 3 is 2.57 bits per heavy atom. The Morgan fingerprint density at radius 1 is 1.14 bits per heavy atom. The number of primary amides is 1. The van der Waals surface area contributed by atoms with E-state index in [9.17, 15) is 9.59 Å². The van der Waals surface area contributed by atoms with Gasteiger partial charge in [0.25, 0.3) is 0 Å². The van der Waals surface area contributed by atoms with Gasteiger partial charge >= 0.3 is 0 Å². The molecule has 4 nitrogen and oxygen atoms in total. The number of fused-ring (bicyclic) bond motifs is 1. The van der Waals surface area contributed by atoms with Gasteiger partial charge in [-0.1, -0.05) is 37.5 Å². The average molecular weight is 286 g/mol. The zero-order chi connectivity index (χ0) is 14.8. The van der Waals surface area contributed by atoms with Gasteiger partial charge in [-0.05, 0) is 30.4 Å². The van der Waals surface area contributed by atoms with Gasteiger partial charge in [-0.2, -0.15) is 0 Å². The van der Waals surface area contributed by atoms with E-state index in [0.29, 0.717) is 18.8 Å². The number of nitrogens with zero attached hydrogens (tertiary/aromatic N) is 1. The Hall–Kier alpha value is -1.84. The lowest BCUT2D eigenvalue weighted by atomic mass is 9.86. The molecule has 112 valence electrons. The maximum Gasteiger partial charge on any atom is 0.240 e. The van der Waals surface area contributed by atoms with E-state index in [1.54, 1.807) is 4.90 Å². The van der Waals surface area contributed by atoms with Gasteiger partial charge in [0, 0.05) is 18.5 Å². The molecule has 1 aliphatic heterocycles. The van der Waals surface area contributed by atoms with Crippen LogP contribution < -0.4 is 10.6 Å². The fourth-order valence-electron chi connectivity index (χ4n) is 3.66. The normalized spacial score (nSPS) is 22.1.